The van der Waals surface area contributed by atoms with Gasteiger partial charge in [-0.1, -0.05) is 30.3 Å². The van der Waals surface area contributed by atoms with E-state index in [9.17, 15) is 5.11 Å². The molecule has 0 heterocycles. The van der Waals surface area contributed by atoms with Gasteiger partial charge in [-0.15, -0.1) is 0 Å². The Hall–Kier alpha value is -0.900. The third-order valence-electron chi connectivity index (χ3n) is 1.69. The summed E-state index contributed by atoms with van der Waals surface area (Å²) in [6, 6.07) is 8.75. The highest BCUT2D eigenvalue weighted by Crippen LogP contribution is 2.15. The monoisotopic (exact) mass is 168 g/mol. The lowest BCUT2D eigenvalue weighted by Gasteiger charge is -2.15. The number of hydrogen-bond donors (Lipinski definition) is 3. The van der Waals surface area contributed by atoms with Gasteiger partial charge < -0.3 is 15.3 Å². The fourth-order valence-corrected chi connectivity index (χ4v) is 0.972. The molecule has 0 aromatic heterocycles. The predicted octanol–water partition coefficient (Wildman–Crippen LogP) is 0.0732. The second-order valence-corrected chi connectivity index (χ2v) is 2.61. The van der Waals surface area contributed by atoms with Crippen LogP contribution in [0.1, 0.15) is 11.7 Å². The number of hydrogen-bond acceptors (Lipinski definition) is 3. The molecule has 0 bridgehead atoms. The van der Waals surface area contributed by atoms with E-state index in [1.165, 1.54) is 0 Å². The molecule has 12 heavy (non-hydrogen) atoms. The van der Waals surface area contributed by atoms with E-state index in [1.54, 1.807) is 24.3 Å². The molecule has 0 radical (unpaired) electrons. The molecule has 3 N–H and O–H groups in total. The highest BCUT2D eigenvalue weighted by molar-refractivity contribution is 5.18. The zero-order valence-corrected chi connectivity index (χ0v) is 6.59. The maximum atomic E-state index is 9.38. The minimum Gasteiger partial charge on any atom is -0.394 e. The van der Waals surface area contributed by atoms with E-state index in [1.807, 2.05) is 6.07 Å². The Morgan fingerprint density at radius 3 is 2.17 bits per heavy atom. The lowest BCUT2D eigenvalue weighted by Crippen LogP contribution is -2.21. The largest absolute Gasteiger partial charge is 0.394 e. The molecule has 2 atom stereocenters. The van der Waals surface area contributed by atoms with Crippen molar-refractivity contribution in [2.75, 3.05) is 6.61 Å². The molecule has 0 aliphatic carbocycles. The molecule has 1 rings (SSSR count). The van der Waals surface area contributed by atoms with E-state index in [0.29, 0.717) is 5.56 Å². The van der Waals surface area contributed by atoms with Gasteiger partial charge in [0.1, 0.15) is 12.2 Å². The smallest absolute Gasteiger partial charge is 0.107 e. The number of aliphatic hydroxyl groups is 3. The predicted molar refractivity (Wildman–Crippen MR) is 44.5 cm³/mol. The summed E-state index contributed by atoms with van der Waals surface area (Å²) >= 11 is 0. The van der Waals surface area contributed by atoms with Crippen molar-refractivity contribution in [3.63, 3.8) is 0 Å². The first-order valence-electron chi connectivity index (χ1n) is 3.77. The van der Waals surface area contributed by atoms with E-state index in [2.05, 4.69) is 0 Å². The van der Waals surface area contributed by atoms with E-state index in [0.717, 1.165) is 0 Å². The second-order valence-electron chi connectivity index (χ2n) is 2.61. The first-order valence-corrected chi connectivity index (χ1v) is 3.77. The normalized spacial score (nSPS) is 15.6. The van der Waals surface area contributed by atoms with Gasteiger partial charge >= 0.3 is 0 Å². The van der Waals surface area contributed by atoms with Gasteiger partial charge in [-0.25, -0.2) is 0 Å². The van der Waals surface area contributed by atoms with Crippen LogP contribution in [0.3, 0.4) is 0 Å². The Balaban J connectivity index is 2.71. The molecule has 0 spiro atoms. The maximum Gasteiger partial charge on any atom is 0.107 e. The average molecular weight is 168 g/mol. The summed E-state index contributed by atoms with van der Waals surface area (Å²) in [4.78, 5) is 0. The molecule has 0 saturated heterocycles. The van der Waals surface area contributed by atoms with Crippen LogP contribution in [0.4, 0.5) is 0 Å². The van der Waals surface area contributed by atoms with E-state index in [-0.39, 0.29) is 0 Å². The first kappa shape index (κ1) is 9.19. The summed E-state index contributed by atoms with van der Waals surface area (Å²) in [6.07, 6.45) is -2.11. The molecule has 0 unspecified atom stereocenters. The van der Waals surface area contributed by atoms with Crippen molar-refractivity contribution < 1.29 is 15.3 Å². The number of aliphatic hydroxyl groups excluding tert-OH is 3. The van der Waals surface area contributed by atoms with Gasteiger partial charge in [0.05, 0.1) is 6.61 Å². The van der Waals surface area contributed by atoms with Crippen LogP contribution in [0, 0.1) is 0 Å². The summed E-state index contributed by atoms with van der Waals surface area (Å²) in [7, 11) is 0. The molecule has 0 fully saturated rings. The van der Waals surface area contributed by atoms with Gasteiger partial charge in [-0.3, -0.25) is 0 Å². The third kappa shape index (κ3) is 2.04. The zero-order valence-electron chi connectivity index (χ0n) is 6.59. The third-order valence-corrected chi connectivity index (χ3v) is 1.69. The first-order chi connectivity index (χ1) is 5.75. The van der Waals surface area contributed by atoms with Gasteiger partial charge in [0, 0.05) is 0 Å². The van der Waals surface area contributed by atoms with Crippen molar-refractivity contribution >= 4 is 0 Å². The minimum atomic E-state index is -1.10. The summed E-state index contributed by atoms with van der Waals surface area (Å²) in [5.41, 5.74) is 0.610. The molecule has 66 valence electrons. The minimum absolute atomic E-state index is 0.434. The Morgan fingerprint density at radius 2 is 1.67 bits per heavy atom. The van der Waals surface area contributed by atoms with Crippen LogP contribution in [0.15, 0.2) is 30.3 Å². The maximum absolute atomic E-state index is 9.38. The van der Waals surface area contributed by atoms with Crippen LogP contribution in [0.25, 0.3) is 0 Å². The van der Waals surface area contributed by atoms with Gasteiger partial charge in [-0.2, -0.15) is 0 Å². The molecule has 1 aromatic rings. The molecule has 1 aromatic carbocycles. The summed E-state index contributed by atoms with van der Waals surface area (Å²) in [5, 5.41) is 27.0. The molecule has 0 aliphatic heterocycles. The molecule has 3 nitrogen and oxygen atoms in total. The molecule has 0 saturated carbocycles. The van der Waals surface area contributed by atoms with E-state index in [4.69, 9.17) is 10.2 Å². The van der Waals surface area contributed by atoms with Gasteiger partial charge in [0.15, 0.2) is 0 Å². The van der Waals surface area contributed by atoms with Crippen LogP contribution in [0.5, 0.6) is 0 Å². The van der Waals surface area contributed by atoms with Crippen LogP contribution in [0.2, 0.25) is 0 Å². The van der Waals surface area contributed by atoms with Gasteiger partial charge in [-0.05, 0) is 5.56 Å². The lowest BCUT2D eigenvalue weighted by molar-refractivity contribution is -0.0152. The Morgan fingerprint density at radius 1 is 1.08 bits per heavy atom. The van der Waals surface area contributed by atoms with Gasteiger partial charge in [0.2, 0.25) is 0 Å². The van der Waals surface area contributed by atoms with Crippen molar-refractivity contribution in [2.24, 2.45) is 0 Å². The molecule has 3 heteroatoms. The number of benzene rings is 1. The summed E-state index contributed by atoms with van der Waals surface area (Å²) in [5.74, 6) is 0. The van der Waals surface area contributed by atoms with E-state index >= 15 is 0 Å². The topological polar surface area (TPSA) is 60.7 Å². The van der Waals surface area contributed by atoms with Crippen molar-refractivity contribution in [3.8, 4) is 0 Å². The van der Waals surface area contributed by atoms with Crippen molar-refractivity contribution in [2.45, 2.75) is 12.2 Å². The van der Waals surface area contributed by atoms with Crippen LogP contribution < -0.4 is 0 Å². The molecule has 0 amide bonds. The fraction of sp³-hybridized carbons (Fsp3) is 0.333. The Labute approximate surface area is 70.9 Å². The quantitative estimate of drug-likeness (QED) is 0.598. The average Bonchev–Trinajstić information content (AvgIpc) is 2.17. The highest BCUT2D eigenvalue weighted by Gasteiger charge is 2.16. The standard InChI is InChI=1S/C9H12O3/c10-6-8(11)9(12)7-4-2-1-3-5-7/h1-5,8-12H,6H2/t8-,9-/m1/s1. The Bertz CT molecular complexity index is 222. The SMILES string of the molecule is OC[C@@H](O)[C@H](O)c1ccccc1. The van der Waals surface area contributed by atoms with Crippen molar-refractivity contribution in [3.05, 3.63) is 35.9 Å². The zero-order chi connectivity index (χ0) is 8.97. The summed E-state index contributed by atoms with van der Waals surface area (Å²) in [6.45, 7) is -0.434. The van der Waals surface area contributed by atoms with Crippen molar-refractivity contribution in [1.82, 2.24) is 0 Å². The molecular weight excluding hydrogens is 156 g/mol. The van der Waals surface area contributed by atoms with Crippen LogP contribution in [-0.2, 0) is 0 Å². The molecular formula is C9H12O3. The molecule has 0 aliphatic rings. The number of rotatable bonds is 3. The second kappa shape index (κ2) is 4.21. The van der Waals surface area contributed by atoms with Crippen LogP contribution >= 0.6 is 0 Å². The Kier molecular flexibility index (Phi) is 3.22. The van der Waals surface area contributed by atoms with Crippen molar-refractivity contribution in [1.29, 1.82) is 0 Å². The lowest BCUT2D eigenvalue weighted by atomic mass is 10.1. The fourth-order valence-electron chi connectivity index (χ4n) is 0.972. The van der Waals surface area contributed by atoms with Crippen LogP contribution in [-0.4, -0.2) is 28.0 Å². The van der Waals surface area contributed by atoms with Gasteiger partial charge in [0.25, 0.3) is 0 Å². The summed E-state index contributed by atoms with van der Waals surface area (Å²) < 4.78 is 0. The van der Waals surface area contributed by atoms with E-state index < -0.39 is 18.8 Å². The highest BCUT2D eigenvalue weighted by atomic mass is 16.4.